The molecule has 0 aromatic heterocycles. The average Bonchev–Trinajstić information content (AvgIpc) is 3.14. The highest BCUT2D eigenvalue weighted by Gasteiger charge is 2.60. The summed E-state index contributed by atoms with van der Waals surface area (Å²) in [6.45, 7) is 1.97. The lowest BCUT2D eigenvalue weighted by atomic mass is 9.64. The molecule has 0 radical (unpaired) electrons. The van der Waals surface area contributed by atoms with Crippen molar-refractivity contribution in [3.05, 3.63) is 108 Å². The Kier molecular flexibility index (Phi) is 5.14. The molecule has 174 valence electrons. The van der Waals surface area contributed by atoms with Gasteiger partial charge in [-0.05, 0) is 43.2 Å². The minimum absolute atomic E-state index is 0.00520. The van der Waals surface area contributed by atoms with Gasteiger partial charge in [-0.2, -0.15) is 0 Å². The monoisotopic (exact) mass is 462 g/mol. The number of nitrogens with zero attached hydrogens (tertiary/aromatic N) is 2. The van der Waals surface area contributed by atoms with Gasteiger partial charge in [0.15, 0.2) is 0 Å². The smallest absolute Gasteiger partial charge is 0.238 e. The van der Waals surface area contributed by atoms with Crippen LogP contribution in [-0.2, 0) is 14.4 Å². The molecule has 5 nitrogen and oxygen atoms in total. The van der Waals surface area contributed by atoms with Crippen LogP contribution in [0.5, 0.6) is 0 Å². The van der Waals surface area contributed by atoms with Crippen LogP contribution in [0.3, 0.4) is 0 Å². The first-order valence-corrected chi connectivity index (χ1v) is 12.1. The zero-order chi connectivity index (χ0) is 24.1. The number of carbonyl (C=O) groups excluding carboxylic acids is 3. The number of allylic oxidation sites excluding steroid dienone is 2. The second kappa shape index (κ2) is 8.35. The summed E-state index contributed by atoms with van der Waals surface area (Å²) in [6.07, 6.45) is 4.51. The Balaban J connectivity index is 1.38. The van der Waals surface area contributed by atoms with E-state index in [0.29, 0.717) is 12.1 Å². The van der Waals surface area contributed by atoms with Crippen molar-refractivity contribution >= 4 is 29.1 Å². The van der Waals surface area contributed by atoms with Gasteiger partial charge in [0.2, 0.25) is 17.7 Å². The fraction of sp³-hybridized carbons (Fsp3) is 0.233. The predicted molar refractivity (Wildman–Crippen MR) is 134 cm³/mol. The number of imide groups is 1. The summed E-state index contributed by atoms with van der Waals surface area (Å²) in [6, 6.07) is 26.9. The molecular weight excluding hydrogens is 436 g/mol. The number of para-hydroxylation sites is 1. The van der Waals surface area contributed by atoms with E-state index in [1.165, 1.54) is 4.90 Å². The van der Waals surface area contributed by atoms with Gasteiger partial charge in [-0.3, -0.25) is 19.3 Å². The molecule has 2 fully saturated rings. The van der Waals surface area contributed by atoms with Gasteiger partial charge in [0.25, 0.3) is 0 Å². The Morgan fingerprint density at radius 2 is 1.34 bits per heavy atom. The predicted octanol–water partition coefficient (Wildman–Crippen LogP) is 5.08. The third-order valence-corrected chi connectivity index (χ3v) is 7.66. The molecule has 3 aromatic rings. The Morgan fingerprint density at radius 1 is 0.686 bits per heavy atom. The van der Waals surface area contributed by atoms with Gasteiger partial charge in [-0.15, -0.1) is 0 Å². The van der Waals surface area contributed by atoms with E-state index in [9.17, 15) is 14.4 Å². The molecule has 0 N–H and O–H groups in total. The van der Waals surface area contributed by atoms with Crippen LogP contribution in [0.4, 0.5) is 11.4 Å². The van der Waals surface area contributed by atoms with Crippen LogP contribution in [0, 0.1) is 30.6 Å². The highest BCUT2D eigenvalue weighted by molar-refractivity contribution is 6.22. The van der Waals surface area contributed by atoms with E-state index in [2.05, 4.69) is 0 Å². The van der Waals surface area contributed by atoms with Crippen LogP contribution < -0.4 is 9.80 Å². The van der Waals surface area contributed by atoms with Crippen LogP contribution >= 0.6 is 0 Å². The maximum Gasteiger partial charge on any atom is 0.238 e. The number of benzene rings is 3. The molecule has 3 aromatic carbocycles. The standard InChI is InChI=1S/C30H26N2O3/c1-19-15-17-22(18-16-19)32-28(33)24-14-8-13-23(25(24)29(32)34)26-27(20-9-4-2-5-10-20)31(30(26)35)21-11-6-3-7-12-21/h2-13,15-18,23-27H,14H2,1H3/t23-,24+,25-,26-,27-/m1/s1. The third-order valence-electron chi connectivity index (χ3n) is 7.66. The van der Waals surface area contributed by atoms with E-state index >= 15 is 0 Å². The third kappa shape index (κ3) is 3.34. The van der Waals surface area contributed by atoms with Gasteiger partial charge < -0.3 is 4.90 Å². The Bertz CT molecular complexity index is 1320. The molecule has 5 atom stereocenters. The number of carbonyl (C=O) groups is 3. The highest BCUT2D eigenvalue weighted by atomic mass is 16.2. The topological polar surface area (TPSA) is 57.7 Å². The number of fused-ring (bicyclic) bond motifs is 1. The Hall–Kier alpha value is -3.99. The molecule has 3 aliphatic rings. The van der Waals surface area contributed by atoms with E-state index < -0.39 is 17.8 Å². The van der Waals surface area contributed by atoms with Crippen LogP contribution in [0.25, 0.3) is 0 Å². The zero-order valence-electron chi connectivity index (χ0n) is 19.5. The first-order chi connectivity index (χ1) is 17.1. The molecule has 0 unspecified atom stereocenters. The zero-order valence-corrected chi connectivity index (χ0v) is 19.5. The minimum atomic E-state index is -0.535. The van der Waals surface area contributed by atoms with Crippen molar-refractivity contribution in [2.24, 2.45) is 23.7 Å². The second-order valence-corrected chi connectivity index (χ2v) is 9.65. The van der Waals surface area contributed by atoms with Crippen molar-refractivity contribution in [1.29, 1.82) is 0 Å². The quantitative estimate of drug-likeness (QED) is 0.309. The summed E-state index contributed by atoms with van der Waals surface area (Å²) in [5.74, 6) is -2.08. The van der Waals surface area contributed by atoms with Crippen LogP contribution in [0.15, 0.2) is 97.1 Å². The molecule has 2 saturated heterocycles. The molecule has 0 bridgehead atoms. The van der Waals surface area contributed by atoms with Crippen molar-refractivity contribution in [1.82, 2.24) is 0 Å². The van der Waals surface area contributed by atoms with Gasteiger partial charge in [0.1, 0.15) is 0 Å². The van der Waals surface area contributed by atoms with E-state index in [1.807, 2.05) is 109 Å². The summed E-state index contributed by atoms with van der Waals surface area (Å²) in [5.41, 5.74) is 3.54. The lowest BCUT2D eigenvalue weighted by Gasteiger charge is -2.51. The van der Waals surface area contributed by atoms with E-state index in [1.54, 1.807) is 0 Å². The maximum atomic E-state index is 13.7. The number of rotatable bonds is 4. The number of β-lactam (4-membered cyclic amide) rings is 1. The molecule has 5 heteroatoms. The van der Waals surface area contributed by atoms with Crippen molar-refractivity contribution in [3.8, 4) is 0 Å². The molecule has 35 heavy (non-hydrogen) atoms. The highest BCUT2D eigenvalue weighted by Crippen LogP contribution is 2.53. The largest absolute Gasteiger partial charge is 0.304 e. The number of anilines is 2. The lowest BCUT2D eigenvalue weighted by molar-refractivity contribution is -0.135. The maximum absolute atomic E-state index is 13.7. The van der Waals surface area contributed by atoms with Crippen LogP contribution in [0.2, 0.25) is 0 Å². The minimum Gasteiger partial charge on any atom is -0.304 e. The fourth-order valence-electron chi connectivity index (χ4n) is 5.99. The van der Waals surface area contributed by atoms with Gasteiger partial charge in [0.05, 0.1) is 29.5 Å². The normalized spacial score (nSPS) is 27.7. The Morgan fingerprint density at radius 3 is 2.03 bits per heavy atom. The van der Waals surface area contributed by atoms with Crippen molar-refractivity contribution in [3.63, 3.8) is 0 Å². The lowest BCUT2D eigenvalue weighted by Crippen LogP contribution is -2.59. The van der Waals surface area contributed by atoms with E-state index in [-0.39, 0.29) is 29.7 Å². The first-order valence-electron chi connectivity index (χ1n) is 12.1. The molecule has 0 saturated carbocycles. The fourth-order valence-corrected chi connectivity index (χ4v) is 5.99. The second-order valence-electron chi connectivity index (χ2n) is 9.65. The number of hydrogen-bond donors (Lipinski definition) is 0. The average molecular weight is 463 g/mol. The van der Waals surface area contributed by atoms with E-state index in [4.69, 9.17) is 0 Å². The summed E-state index contributed by atoms with van der Waals surface area (Å²) >= 11 is 0. The number of hydrogen-bond acceptors (Lipinski definition) is 3. The summed E-state index contributed by atoms with van der Waals surface area (Å²) in [5, 5.41) is 0. The van der Waals surface area contributed by atoms with Crippen molar-refractivity contribution in [2.75, 3.05) is 9.80 Å². The molecule has 6 rings (SSSR count). The van der Waals surface area contributed by atoms with Gasteiger partial charge in [-0.25, -0.2) is 0 Å². The summed E-state index contributed by atoms with van der Waals surface area (Å²) in [7, 11) is 0. The van der Waals surface area contributed by atoms with Gasteiger partial charge in [0, 0.05) is 11.6 Å². The van der Waals surface area contributed by atoms with Gasteiger partial charge >= 0.3 is 0 Å². The Labute approximate surface area is 204 Å². The van der Waals surface area contributed by atoms with Crippen LogP contribution in [-0.4, -0.2) is 17.7 Å². The molecule has 1 aliphatic carbocycles. The van der Waals surface area contributed by atoms with Gasteiger partial charge in [-0.1, -0.05) is 78.4 Å². The number of aryl methyl sites for hydroxylation is 1. The number of amides is 3. The summed E-state index contributed by atoms with van der Waals surface area (Å²) in [4.78, 5) is 44.0. The molecule has 3 amide bonds. The van der Waals surface area contributed by atoms with Crippen molar-refractivity contribution < 1.29 is 14.4 Å². The van der Waals surface area contributed by atoms with E-state index in [0.717, 1.165) is 16.8 Å². The molecule has 0 spiro atoms. The van der Waals surface area contributed by atoms with Crippen molar-refractivity contribution in [2.45, 2.75) is 19.4 Å². The molecule has 2 aliphatic heterocycles. The van der Waals surface area contributed by atoms with Crippen LogP contribution in [0.1, 0.15) is 23.6 Å². The summed E-state index contributed by atoms with van der Waals surface area (Å²) < 4.78 is 0. The molecular formula is C30H26N2O3. The SMILES string of the molecule is Cc1ccc(N2C(=O)[C@@H]3[C@H]([C@H]4C(=O)N(c5ccccc5)[C@@H]4c4ccccc4)C=CC[C@@H]3C2=O)cc1. The first kappa shape index (κ1) is 21.5. The molecule has 2 heterocycles.